The summed E-state index contributed by atoms with van der Waals surface area (Å²) in [5.74, 6) is -0.382. The van der Waals surface area contributed by atoms with E-state index in [0.29, 0.717) is 50.3 Å². The number of carbonyl (C=O) groups excluding carboxylic acids is 4. The Kier molecular flexibility index (Phi) is 6.88. The van der Waals surface area contributed by atoms with E-state index in [9.17, 15) is 19.2 Å². The molecule has 2 saturated carbocycles. The number of Topliss-reactive ketones (excluding diaryl/α,β-unsaturated/α-hetero) is 1. The molecule has 1 saturated heterocycles. The number of aromatic nitrogens is 1. The molecule has 8 heteroatoms. The molecule has 3 fully saturated rings. The molecule has 5 aromatic rings. The van der Waals surface area contributed by atoms with Gasteiger partial charge in [-0.15, -0.1) is 0 Å². The highest BCUT2D eigenvalue weighted by Crippen LogP contribution is 2.65. The summed E-state index contributed by atoms with van der Waals surface area (Å²) in [6.45, 7) is -0.434. The number of allylic oxidation sites excluding steroid dienone is 2. The van der Waals surface area contributed by atoms with E-state index in [0.717, 1.165) is 17.5 Å². The summed E-state index contributed by atoms with van der Waals surface area (Å²) >= 11 is 6.30. The third kappa shape index (κ3) is 4.91. The fourth-order valence-corrected chi connectivity index (χ4v) is 8.45. The first-order valence-electron chi connectivity index (χ1n) is 16.5. The van der Waals surface area contributed by atoms with Crippen LogP contribution in [-0.4, -0.2) is 35.2 Å². The number of rotatable bonds is 7. The van der Waals surface area contributed by atoms with Crippen molar-refractivity contribution in [1.29, 1.82) is 0 Å². The highest BCUT2D eigenvalue weighted by Gasteiger charge is 2.67. The van der Waals surface area contributed by atoms with Crippen LogP contribution in [0, 0.1) is 35.5 Å². The van der Waals surface area contributed by atoms with Crippen LogP contribution in [0.1, 0.15) is 27.1 Å². The number of ketones is 1. The molecule has 7 nitrogen and oxygen atoms in total. The highest BCUT2D eigenvalue weighted by molar-refractivity contribution is 6.31. The lowest BCUT2D eigenvalue weighted by molar-refractivity contribution is -0.124. The van der Waals surface area contributed by atoms with Crippen molar-refractivity contribution in [3.8, 4) is 22.4 Å². The molecule has 10 rings (SSSR count). The summed E-state index contributed by atoms with van der Waals surface area (Å²) in [5.41, 5.74) is 4.90. The van der Waals surface area contributed by atoms with Gasteiger partial charge in [-0.25, -0.2) is 9.78 Å². The van der Waals surface area contributed by atoms with Crippen molar-refractivity contribution >= 4 is 51.8 Å². The number of halogens is 1. The molecule has 0 spiro atoms. The Morgan fingerprint density at radius 3 is 2.06 bits per heavy atom. The number of esters is 1. The lowest BCUT2D eigenvalue weighted by Crippen LogP contribution is -2.40. The lowest BCUT2D eigenvalue weighted by atomic mass is 9.63. The maximum absolute atomic E-state index is 13.6. The maximum atomic E-state index is 13.6. The number of benzene rings is 4. The van der Waals surface area contributed by atoms with Gasteiger partial charge >= 0.3 is 5.97 Å². The Morgan fingerprint density at radius 2 is 1.39 bits per heavy atom. The van der Waals surface area contributed by atoms with Crippen LogP contribution in [-0.2, 0) is 14.3 Å². The Hall–Kier alpha value is -5.40. The van der Waals surface area contributed by atoms with Gasteiger partial charge in [0, 0.05) is 21.5 Å². The molecule has 2 amide bonds. The second-order valence-electron chi connectivity index (χ2n) is 13.4. The van der Waals surface area contributed by atoms with Crippen LogP contribution in [0.2, 0.25) is 5.02 Å². The number of ether oxygens (including phenoxy) is 1. The van der Waals surface area contributed by atoms with Gasteiger partial charge in [0.15, 0.2) is 12.4 Å². The number of amides is 2. The molecule has 0 radical (unpaired) electrons. The molecular formula is C41H29ClN2O5. The zero-order valence-electron chi connectivity index (χ0n) is 26.2. The van der Waals surface area contributed by atoms with Crippen LogP contribution in [0.4, 0.5) is 5.69 Å². The van der Waals surface area contributed by atoms with Crippen LogP contribution in [0.25, 0.3) is 33.3 Å². The van der Waals surface area contributed by atoms with E-state index in [-0.39, 0.29) is 46.8 Å². The number of hydrogen-bond donors (Lipinski definition) is 0. The minimum absolute atomic E-state index is 0.111. The van der Waals surface area contributed by atoms with E-state index in [2.05, 4.69) is 12.2 Å². The van der Waals surface area contributed by atoms with Gasteiger partial charge in [0.25, 0.3) is 0 Å². The van der Waals surface area contributed by atoms with Gasteiger partial charge in [0.05, 0.1) is 34.3 Å². The van der Waals surface area contributed by atoms with Gasteiger partial charge in [-0.05, 0) is 77.6 Å². The summed E-state index contributed by atoms with van der Waals surface area (Å²) in [6, 6.07) is 30.8. The molecule has 4 aromatic carbocycles. The standard InChI is InChI=1S/C41H29ClN2O5/c42-26-12-17-34-32(18-26)33(41(48)49-21-36(45)25-8-6-23(7-9-25)22-4-2-1-3-5-22)20-35(43-34)24-10-13-27(14-11-24)44-39(46)37-28-15-16-29(31-19-30(28)31)38(37)40(44)47/h1-18,20,28-31,37-38H,19,21H2. The summed E-state index contributed by atoms with van der Waals surface area (Å²) in [5, 5.41) is 0.922. The van der Waals surface area contributed by atoms with Crippen LogP contribution in [0.15, 0.2) is 115 Å². The molecule has 6 unspecified atom stereocenters. The number of nitrogens with zero attached hydrogens (tertiary/aromatic N) is 2. The topological polar surface area (TPSA) is 93.6 Å². The minimum Gasteiger partial charge on any atom is -0.454 e. The lowest BCUT2D eigenvalue weighted by Gasteiger charge is -2.37. The number of pyridine rings is 1. The van der Waals surface area contributed by atoms with Crippen molar-refractivity contribution in [3.05, 3.63) is 131 Å². The van der Waals surface area contributed by atoms with Crippen LogP contribution in [0.5, 0.6) is 0 Å². The van der Waals surface area contributed by atoms with Crippen LogP contribution < -0.4 is 4.90 Å². The monoisotopic (exact) mass is 664 g/mol. The minimum atomic E-state index is -0.682. The molecule has 5 aliphatic rings. The average molecular weight is 665 g/mol. The van der Waals surface area contributed by atoms with Gasteiger partial charge in [-0.3, -0.25) is 19.3 Å². The van der Waals surface area contributed by atoms with Crippen molar-refractivity contribution in [2.24, 2.45) is 35.5 Å². The van der Waals surface area contributed by atoms with Crippen molar-refractivity contribution in [2.75, 3.05) is 11.5 Å². The molecule has 0 N–H and O–H groups in total. The van der Waals surface area contributed by atoms with Gasteiger partial charge in [0.2, 0.25) is 11.8 Å². The smallest absolute Gasteiger partial charge is 0.339 e. The van der Waals surface area contributed by atoms with E-state index in [1.807, 2.05) is 42.5 Å². The molecule has 240 valence electrons. The zero-order chi connectivity index (χ0) is 33.4. The molecule has 49 heavy (non-hydrogen) atoms. The number of imide groups is 1. The van der Waals surface area contributed by atoms with Crippen molar-refractivity contribution in [3.63, 3.8) is 0 Å². The van der Waals surface area contributed by atoms with Gasteiger partial charge in [-0.1, -0.05) is 90.5 Å². The SMILES string of the molecule is O=C(COC(=O)c1cc(-c2ccc(N3C(=O)C4C5C=CC(C6CC56)C4C3=O)cc2)nc2ccc(Cl)cc12)c1ccc(-c2ccccc2)cc1. The molecule has 1 aliphatic heterocycles. The number of anilines is 1. The normalized spacial score (nSPS) is 24.6. The second-order valence-corrected chi connectivity index (χ2v) is 13.8. The Labute approximate surface area is 287 Å². The Balaban J connectivity index is 0.954. The molecule has 1 aromatic heterocycles. The van der Waals surface area contributed by atoms with Crippen LogP contribution in [0.3, 0.4) is 0 Å². The molecule has 6 atom stereocenters. The quantitative estimate of drug-likeness (QED) is 0.0762. The highest BCUT2D eigenvalue weighted by atomic mass is 35.5. The molecular weight excluding hydrogens is 636 g/mol. The summed E-state index contributed by atoms with van der Waals surface area (Å²) in [4.78, 5) is 59.8. The van der Waals surface area contributed by atoms with E-state index >= 15 is 0 Å². The fourth-order valence-electron chi connectivity index (χ4n) is 8.28. The largest absolute Gasteiger partial charge is 0.454 e. The molecule has 4 aliphatic carbocycles. The van der Waals surface area contributed by atoms with Gasteiger partial charge in [0.1, 0.15) is 0 Å². The predicted octanol–water partition coefficient (Wildman–Crippen LogP) is 7.82. The van der Waals surface area contributed by atoms with Crippen molar-refractivity contribution < 1.29 is 23.9 Å². The van der Waals surface area contributed by atoms with Gasteiger partial charge in [-0.2, -0.15) is 0 Å². The zero-order valence-corrected chi connectivity index (χ0v) is 26.9. The molecule has 2 bridgehead atoms. The Morgan fingerprint density at radius 1 is 0.755 bits per heavy atom. The van der Waals surface area contributed by atoms with E-state index in [1.54, 1.807) is 60.7 Å². The summed E-state index contributed by atoms with van der Waals surface area (Å²) in [6.07, 6.45) is 5.45. The average Bonchev–Trinajstić information content (AvgIpc) is 3.92. The maximum Gasteiger partial charge on any atom is 0.339 e. The first-order chi connectivity index (χ1) is 23.9. The third-order valence-corrected chi connectivity index (χ3v) is 11.0. The van der Waals surface area contributed by atoms with Crippen LogP contribution >= 0.6 is 11.6 Å². The van der Waals surface area contributed by atoms with E-state index in [1.165, 1.54) is 4.90 Å². The van der Waals surface area contributed by atoms with Crippen molar-refractivity contribution in [2.45, 2.75) is 6.42 Å². The summed E-state index contributed by atoms with van der Waals surface area (Å²) in [7, 11) is 0. The Bertz CT molecular complexity index is 2200. The first-order valence-corrected chi connectivity index (χ1v) is 16.9. The van der Waals surface area contributed by atoms with E-state index < -0.39 is 12.6 Å². The van der Waals surface area contributed by atoms with Gasteiger partial charge < -0.3 is 4.74 Å². The van der Waals surface area contributed by atoms with E-state index in [4.69, 9.17) is 21.3 Å². The fraction of sp³-hybridized carbons (Fsp3) is 0.195. The third-order valence-electron chi connectivity index (χ3n) is 10.7. The number of carbonyl (C=O) groups is 4. The number of hydrogen-bond acceptors (Lipinski definition) is 6. The molecule has 2 heterocycles. The number of fused-ring (bicyclic) bond motifs is 1. The second kappa shape index (κ2) is 11.3. The predicted molar refractivity (Wildman–Crippen MR) is 186 cm³/mol. The first kappa shape index (κ1) is 29.7. The summed E-state index contributed by atoms with van der Waals surface area (Å²) < 4.78 is 5.54. The van der Waals surface area contributed by atoms with Crippen molar-refractivity contribution in [1.82, 2.24) is 4.98 Å².